The maximum Gasteiger partial charge on any atom is 0.410 e. The Morgan fingerprint density at radius 2 is 1.60 bits per heavy atom. The summed E-state index contributed by atoms with van der Waals surface area (Å²) in [5.74, 6) is -0.476. The molecule has 2 aromatic carbocycles. The monoisotopic (exact) mass is 757 g/mol. The lowest BCUT2D eigenvalue weighted by Gasteiger charge is -2.43. The maximum absolute atomic E-state index is 13.4. The largest absolute Gasteiger partial charge is 0.463 e. The smallest absolute Gasteiger partial charge is 0.410 e. The number of epoxide rings is 2. The van der Waals surface area contributed by atoms with E-state index >= 15 is 0 Å². The molecule has 2 unspecified atom stereocenters. The van der Waals surface area contributed by atoms with Crippen molar-refractivity contribution in [3.63, 3.8) is 0 Å². The summed E-state index contributed by atoms with van der Waals surface area (Å²) < 4.78 is 36.2. The fraction of sp³-hybridized carbons (Fsp3) is 0.605. The number of fused-ring (bicyclic) bond motifs is 3. The third-order valence-electron chi connectivity index (χ3n) is 12.9. The Morgan fingerprint density at radius 1 is 0.909 bits per heavy atom. The molecule has 2 aromatic rings. The molecule has 7 atom stereocenters. The Balaban J connectivity index is 0.774. The lowest BCUT2D eigenvalue weighted by molar-refractivity contribution is -0.149. The molecule has 6 aliphatic rings. The summed E-state index contributed by atoms with van der Waals surface area (Å²) in [5.41, 5.74) is 5.23. The average Bonchev–Trinajstić information content (AvgIpc) is 3.99. The Kier molecular flexibility index (Phi) is 10.7. The van der Waals surface area contributed by atoms with Crippen LogP contribution in [-0.2, 0) is 33.2 Å². The van der Waals surface area contributed by atoms with Crippen LogP contribution in [-0.4, -0.2) is 135 Å². The number of carbonyl (C=O) groups excluding carboxylic acids is 3. The zero-order valence-corrected chi connectivity index (χ0v) is 32.6. The van der Waals surface area contributed by atoms with E-state index in [4.69, 9.17) is 28.4 Å². The third kappa shape index (κ3) is 7.50. The number of likely N-dealkylation sites (tertiary alicyclic amines) is 1. The maximum atomic E-state index is 13.4. The minimum absolute atomic E-state index is 0.0260. The van der Waals surface area contributed by atoms with Crippen molar-refractivity contribution >= 4 is 18.2 Å². The van der Waals surface area contributed by atoms with Crippen molar-refractivity contribution in [3.05, 3.63) is 71.3 Å². The number of carbonyl (C=O) groups is 3. The Labute approximate surface area is 324 Å². The molecule has 0 aromatic heterocycles. The molecule has 1 saturated carbocycles. The molecule has 2 amide bonds. The average molecular weight is 758 g/mol. The lowest BCUT2D eigenvalue weighted by Crippen LogP contribution is -2.57. The molecule has 5 fully saturated rings. The zero-order valence-electron chi connectivity index (χ0n) is 32.6. The van der Waals surface area contributed by atoms with Crippen LogP contribution in [0.4, 0.5) is 9.59 Å². The second-order valence-electron chi connectivity index (χ2n) is 16.5. The standard InChI is InChI=1S/C43H55N3O9/c1-28(2)15-16-36-42(3,55-36)38-37(50-4)35(17-18-43(38)27-53-43)54-40(48)45-22-20-44(21-23-45)24-25-51-39(47)34-14-9-19-46(34)41(49)52-26-33-31-12-7-5-10-29(31)30-11-6-8-13-32(30)33/h5-8,10-13,15,33-38H,9,14,16-27H2,1-4H3/t34?,35-,36-,37-,38-,42?,43+/m1/s1. The van der Waals surface area contributed by atoms with E-state index in [1.807, 2.05) is 24.3 Å². The van der Waals surface area contributed by atoms with Gasteiger partial charge in [0, 0.05) is 52.3 Å². The van der Waals surface area contributed by atoms with Gasteiger partial charge in [-0.15, -0.1) is 0 Å². The summed E-state index contributed by atoms with van der Waals surface area (Å²) in [5, 5.41) is 0. The van der Waals surface area contributed by atoms with E-state index < -0.39 is 23.7 Å². The van der Waals surface area contributed by atoms with Gasteiger partial charge in [-0.1, -0.05) is 60.2 Å². The highest BCUT2D eigenvalue weighted by molar-refractivity contribution is 5.82. The molecular weight excluding hydrogens is 702 g/mol. The number of hydrogen-bond acceptors (Lipinski definition) is 10. The SMILES string of the molecule is CO[C@H]1[C@H](C2(C)O[C@@H]2CC=C(C)C)[C@]2(CC[C@H]1OC(=O)N1CCN(CCOC(=O)C3CCCN3C(=O)OCC3c4ccccc4-c4ccccc43)CC1)CO2. The van der Waals surface area contributed by atoms with Crippen LogP contribution in [0.15, 0.2) is 60.2 Å². The molecule has 296 valence electrons. The highest BCUT2D eigenvalue weighted by Crippen LogP contribution is 2.59. The molecule has 8 rings (SSSR count). The van der Waals surface area contributed by atoms with Crippen molar-refractivity contribution in [1.29, 1.82) is 0 Å². The molecule has 4 aliphatic heterocycles. The Bertz CT molecular complexity index is 1740. The summed E-state index contributed by atoms with van der Waals surface area (Å²) in [7, 11) is 1.69. The first-order valence-electron chi connectivity index (χ1n) is 20.1. The molecule has 12 nitrogen and oxygen atoms in total. The van der Waals surface area contributed by atoms with Crippen molar-refractivity contribution in [1.82, 2.24) is 14.7 Å². The van der Waals surface area contributed by atoms with Crippen molar-refractivity contribution in [2.24, 2.45) is 5.92 Å². The summed E-state index contributed by atoms with van der Waals surface area (Å²) in [6, 6.07) is 15.8. The Hall–Kier alpha value is -3.97. The molecule has 0 radical (unpaired) electrons. The van der Waals surface area contributed by atoms with Gasteiger partial charge in [0.05, 0.1) is 18.6 Å². The van der Waals surface area contributed by atoms with Gasteiger partial charge in [0.1, 0.15) is 42.7 Å². The topological polar surface area (TPSA) is 123 Å². The molecule has 55 heavy (non-hydrogen) atoms. The van der Waals surface area contributed by atoms with Gasteiger partial charge in [0.2, 0.25) is 0 Å². The number of hydrogen-bond donors (Lipinski definition) is 0. The number of allylic oxidation sites excluding steroid dienone is 1. The van der Waals surface area contributed by atoms with Gasteiger partial charge in [-0.25, -0.2) is 14.4 Å². The predicted molar refractivity (Wildman–Crippen MR) is 204 cm³/mol. The highest BCUT2D eigenvalue weighted by atomic mass is 16.6. The quantitative estimate of drug-likeness (QED) is 0.121. The van der Waals surface area contributed by atoms with Crippen LogP contribution in [0.1, 0.15) is 69.9 Å². The summed E-state index contributed by atoms with van der Waals surface area (Å²) in [6.07, 6.45) is 4.37. The predicted octanol–water partition coefficient (Wildman–Crippen LogP) is 5.77. The Morgan fingerprint density at radius 3 is 2.25 bits per heavy atom. The first kappa shape index (κ1) is 37.9. The fourth-order valence-electron chi connectivity index (χ4n) is 9.71. The van der Waals surface area contributed by atoms with Crippen LogP contribution >= 0.6 is 0 Å². The number of nitrogens with zero attached hydrogens (tertiary/aromatic N) is 3. The van der Waals surface area contributed by atoms with E-state index in [9.17, 15) is 14.4 Å². The molecule has 12 heteroatoms. The van der Waals surface area contributed by atoms with Gasteiger partial charge in [0.25, 0.3) is 0 Å². The highest BCUT2D eigenvalue weighted by Gasteiger charge is 2.72. The van der Waals surface area contributed by atoms with Gasteiger partial charge in [0.15, 0.2) is 0 Å². The van der Waals surface area contributed by atoms with Crippen molar-refractivity contribution < 1.29 is 42.8 Å². The number of esters is 1. The first-order chi connectivity index (χ1) is 26.6. The minimum Gasteiger partial charge on any atom is -0.463 e. The van der Waals surface area contributed by atoms with Gasteiger partial charge in [-0.3, -0.25) is 9.80 Å². The van der Waals surface area contributed by atoms with Gasteiger partial charge < -0.3 is 33.3 Å². The van der Waals surface area contributed by atoms with E-state index in [-0.39, 0.29) is 55.1 Å². The number of piperazine rings is 1. The second-order valence-corrected chi connectivity index (χ2v) is 16.5. The van der Waals surface area contributed by atoms with E-state index in [1.165, 1.54) is 21.6 Å². The van der Waals surface area contributed by atoms with Gasteiger partial charge in [-0.05, 0) is 75.1 Å². The number of rotatable bonds is 11. The number of amides is 2. The van der Waals surface area contributed by atoms with Crippen molar-refractivity contribution in [3.8, 4) is 11.1 Å². The molecule has 0 N–H and O–H groups in total. The molecule has 1 spiro atoms. The van der Waals surface area contributed by atoms with Crippen LogP contribution in [0.3, 0.4) is 0 Å². The van der Waals surface area contributed by atoms with Crippen molar-refractivity contribution in [2.75, 3.05) is 66.2 Å². The number of ether oxygens (including phenoxy) is 6. The van der Waals surface area contributed by atoms with Crippen LogP contribution < -0.4 is 0 Å². The molecule has 0 bridgehead atoms. The number of benzene rings is 2. The fourth-order valence-corrected chi connectivity index (χ4v) is 9.71. The zero-order chi connectivity index (χ0) is 38.3. The van der Waals surface area contributed by atoms with Crippen molar-refractivity contribution in [2.45, 2.75) is 94.3 Å². The van der Waals surface area contributed by atoms with Crippen LogP contribution in [0.2, 0.25) is 0 Å². The van der Waals surface area contributed by atoms with E-state index in [0.29, 0.717) is 65.1 Å². The second kappa shape index (κ2) is 15.5. The molecule has 2 aliphatic carbocycles. The van der Waals surface area contributed by atoms with Crippen LogP contribution in [0, 0.1) is 5.92 Å². The minimum atomic E-state index is -0.656. The third-order valence-corrected chi connectivity index (χ3v) is 12.9. The van der Waals surface area contributed by atoms with Crippen LogP contribution in [0.25, 0.3) is 11.1 Å². The molecular formula is C43H55N3O9. The van der Waals surface area contributed by atoms with E-state index in [2.05, 4.69) is 56.0 Å². The number of methoxy groups -OCH3 is 1. The van der Waals surface area contributed by atoms with Crippen LogP contribution in [0.5, 0.6) is 0 Å². The first-order valence-corrected chi connectivity index (χ1v) is 20.1. The normalized spacial score (nSPS) is 31.1. The van der Waals surface area contributed by atoms with Gasteiger partial charge >= 0.3 is 18.2 Å². The van der Waals surface area contributed by atoms with Gasteiger partial charge in [-0.2, -0.15) is 0 Å². The van der Waals surface area contributed by atoms with E-state index in [1.54, 1.807) is 12.0 Å². The lowest BCUT2D eigenvalue weighted by atomic mass is 9.68. The summed E-state index contributed by atoms with van der Waals surface area (Å²) >= 11 is 0. The summed E-state index contributed by atoms with van der Waals surface area (Å²) in [6.45, 7) is 10.7. The van der Waals surface area contributed by atoms with E-state index in [0.717, 1.165) is 24.0 Å². The molecule has 4 heterocycles. The summed E-state index contributed by atoms with van der Waals surface area (Å²) in [4.78, 5) is 45.4. The molecule has 4 saturated heterocycles.